The van der Waals surface area contributed by atoms with Crippen LogP contribution in [0.25, 0.3) is 5.76 Å². The van der Waals surface area contributed by atoms with Crippen LogP contribution in [0.3, 0.4) is 0 Å². The summed E-state index contributed by atoms with van der Waals surface area (Å²) in [5, 5.41) is 0. The average Bonchev–Trinajstić information content (AvgIpc) is 2.72. The summed E-state index contributed by atoms with van der Waals surface area (Å²) in [6.45, 7) is 6.37. The Morgan fingerprint density at radius 2 is 1.86 bits per heavy atom. The molecular formula is C20H28N2O5S. The predicted octanol–water partition coefficient (Wildman–Crippen LogP) is 2.45. The third-order valence-corrected chi connectivity index (χ3v) is 6.69. The Balaban J connectivity index is 2.15. The van der Waals surface area contributed by atoms with E-state index in [0.29, 0.717) is 50.7 Å². The first-order valence-electron chi connectivity index (χ1n) is 9.88. The molecule has 0 spiro atoms. The van der Waals surface area contributed by atoms with Gasteiger partial charge in [-0.05, 0) is 25.0 Å². The summed E-state index contributed by atoms with van der Waals surface area (Å²) < 4.78 is 39.2. The van der Waals surface area contributed by atoms with Crippen molar-refractivity contribution in [2.24, 2.45) is 0 Å². The van der Waals surface area contributed by atoms with Gasteiger partial charge in [0.2, 0.25) is 0 Å². The fourth-order valence-electron chi connectivity index (χ4n) is 3.38. The monoisotopic (exact) mass is 408 g/mol. The first-order valence-corrected chi connectivity index (χ1v) is 11.3. The highest BCUT2D eigenvalue weighted by molar-refractivity contribution is 7.89. The van der Waals surface area contributed by atoms with Crippen LogP contribution in [0.4, 0.5) is 0 Å². The molecule has 0 N–H and O–H groups in total. The van der Waals surface area contributed by atoms with Gasteiger partial charge in [0, 0.05) is 25.2 Å². The van der Waals surface area contributed by atoms with Crippen molar-refractivity contribution in [3.8, 4) is 0 Å². The molecule has 8 heteroatoms. The number of benzene rings is 1. The van der Waals surface area contributed by atoms with Gasteiger partial charge in [0.1, 0.15) is 0 Å². The highest BCUT2D eigenvalue weighted by atomic mass is 32.2. The summed E-state index contributed by atoms with van der Waals surface area (Å²) in [6, 6.07) is 6.75. The number of nitrogens with zero attached hydrogens (tertiary/aromatic N) is 2. The fourth-order valence-corrected chi connectivity index (χ4v) is 5.13. The van der Waals surface area contributed by atoms with Crippen molar-refractivity contribution in [1.29, 1.82) is 0 Å². The maximum atomic E-state index is 13.4. The molecule has 0 aliphatic carbocycles. The molecular weight excluding hydrogens is 380 g/mol. The minimum atomic E-state index is -3.82. The van der Waals surface area contributed by atoms with Gasteiger partial charge in [-0.3, -0.25) is 9.10 Å². The van der Waals surface area contributed by atoms with Crippen molar-refractivity contribution in [3.05, 3.63) is 35.5 Å². The van der Waals surface area contributed by atoms with Crippen LogP contribution in [0.2, 0.25) is 0 Å². The van der Waals surface area contributed by atoms with Crippen LogP contribution in [-0.4, -0.2) is 63.0 Å². The second-order valence-corrected chi connectivity index (χ2v) is 8.69. The molecule has 1 saturated heterocycles. The van der Waals surface area contributed by atoms with E-state index in [1.807, 2.05) is 6.92 Å². The molecule has 0 aromatic heterocycles. The molecule has 0 atom stereocenters. The van der Waals surface area contributed by atoms with E-state index in [9.17, 15) is 13.2 Å². The number of fused-ring (bicyclic) bond motifs is 1. The van der Waals surface area contributed by atoms with Gasteiger partial charge >= 0.3 is 0 Å². The number of carbonyl (C=O) groups is 1. The smallest absolute Gasteiger partial charge is 0.275 e. The number of hydrogen-bond donors (Lipinski definition) is 0. The molecule has 0 unspecified atom stereocenters. The SMILES string of the molecule is CCCCOC1=C(C(=O)N2CCOCC2)N(CCC)S(=O)(=O)c2ccccc21. The molecule has 2 aliphatic rings. The zero-order chi connectivity index (χ0) is 20.1. The van der Waals surface area contributed by atoms with Gasteiger partial charge in [-0.25, -0.2) is 8.42 Å². The van der Waals surface area contributed by atoms with Crippen LogP contribution in [-0.2, 0) is 24.3 Å². The molecule has 3 rings (SSSR count). The van der Waals surface area contributed by atoms with Crippen molar-refractivity contribution in [2.75, 3.05) is 39.5 Å². The quantitative estimate of drug-likeness (QED) is 0.648. The number of amides is 1. The zero-order valence-electron chi connectivity index (χ0n) is 16.5. The largest absolute Gasteiger partial charge is 0.490 e. The molecule has 1 aromatic rings. The van der Waals surface area contributed by atoms with Crippen molar-refractivity contribution in [1.82, 2.24) is 9.21 Å². The Kier molecular flexibility index (Phi) is 6.61. The standard InChI is InChI=1S/C20H28N2O5S/c1-3-5-13-27-19-16-8-6-7-9-17(16)28(24,25)22(10-4-2)18(19)20(23)21-11-14-26-15-12-21/h6-9H,3-5,10-15H2,1-2H3. The Hall–Kier alpha value is -2.06. The summed E-state index contributed by atoms with van der Waals surface area (Å²) in [4.78, 5) is 15.2. The van der Waals surface area contributed by atoms with E-state index in [4.69, 9.17) is 9.47 Å². The van der Waals surface area contributed by atoms with Crippen LogP contribution < -0.4 is 0 Å². The molecule has 154 valence electrons. The normalized spacial score (nSPS) is 18.8. The van der Waals surface area contributed by atoms with Crippen LogP contribution in [0.15, 0.2) is 34.9 Å². The number of hydrogen-bond acceptors (Lipinski definition) is 5. The van der Waals surface area contributed by atoms with E-state index in [2.05, 4.69) is 6.92 Å². The van der Waals surface area contributed by atoms with Gasteiger partial charge in [0.25, 0.3) is 15.9 Å². The lowest BCUT2D eigenvalue weighted by molar-refractivity contribution is -0.132. The summed E-state index contributed by atoms with van der Waals surface area (Å²) in [6.07, 6.45) is 2.35. The molecule has 0 bridgehead atoms. The Bertz CT molecular complexity index is 844. The predicted molar refractivity (Wildman–Crippen MR) is 106 cm³/mol. The van der Waals surface area contributed by atoms with E-state index >= 15 is 0 Å². The van der Waals surface area contributed by atoms with E-state index in [1.165, 1.54) is 4.31 Å². The molecule has 0 saturated carbocycles. The first-order chi connectivity index (χ1) is 13.5. The topological polar surface area (TPSA) is 76.2 Å². The van der Waals surface area contributed by atoms with Crippen LogP contribution in [0, 0.1) is 0 Å². The third kappa shape index (κ3) is 3.89. The van der Waals surface area contributed by atoms with Crippen LogP contribution in [0.1, 0.15) is 38.7 Å². The highest BCUT2D eigenvalue weighted by Crippen LogP contribution is 2.38. The summed E-state index contributed by atoms with van der Waals surface area (Å²) in [7, 11) is -3.82. The number of rotatable bonds is 7. The van der Waals surface area contributed by atoms with Gasteiger partial charge in [0.05, 0.1) is 24.7 Å². The fraction of sp³-hybridized carbons (Fsp3) is 0.550. The maximum absolute atomic E-state index is 13.4. The van der Waals surface area contributed by atoms with Crippen LogP contribution >= 0.6 is 0 Å². The van der Waals surface area contributed by atoms with Gasteiger partial charge in [-0.2, -0.15) is 0 Å². The number of unbranched alkanes of at least 4 members (excludes halogenated alkanes) is 1. The van der Waals surface area contributed by atoms with Crippen molar-refractivity contribution in [2.45, 2.75) is 38.0 Å². The second-order valence-electron chi connectivity index (χ2n) is 6.86. The van der Waals surface area contributed by atoms with Crippen LogP contribution in [0.5, 0.6) is 0 Å². The van der Waals surface area contributed by atoms with Gasteiger partial charge in [0.15, 0.2) is 11.5 Å². The van der Waals surface area contributed by atoms with Gasteiger partial charge < -0.3 is 14.4 Å². The number of ether oxygens (including phenoxy) is 2. The number of sulfonamides is 1. The maximum Gasteiger partial charge on any atom is 0.275 e. The van der Waals surface area contributed by atoms with Crippen molar-refractivity contribution in [3.63, 3.8) is 0 Å². The Morgan fingerprint density at radius 1 is 1.14 bits per heavy atom. The molecule has 2 heterocycles. The van der Waals surface area contributed by atoms with E-state index in [1.54, 1.807) is 29.2 Å². The van der Waals surface area contributed by atoms with E-state index in [-0.39, 0.29) is 23.0 Å². The molecule has 7 nitrogen and oxygen atoms in total. The van der Waals surface area contributed by atoms with E-state index < -0.39 is 10.0 Å². The second kappa shape index (κ2) is 8.96. The lowest BCUT2D eigenvalue weighted by Crippen LogP contribution is -2.47. The molecule has 28 heavy (non-hydrogen) atoms. The minimum Gasteiger partial charge on any atom is -0.490 e. The minimum absolute atomic E-state index is 0.124. The van der Waals surface area contributed by atoms with Crippen molar-refractivity contribution >= 4 is 21.7 Å². The van der Waals surface area contributed by atoms with E-state index in [0.717, 1.165) is 12.8 Å². The molecule has 0 radical (unpaired) electrons. The van der Waals surface area contributed by atoms with Gasteiger partial charge in [-0.1, -0.05) is 32.4 Å². The first kappa shape index (κ1) is 20.7. The molecule has 1 fully saturated rings. The Morgan fingerprint density at radius 3 is 2.54 bits per heavy atom. The molecule has 2 aliphatic heterocycles. The Labute approximate surface area is 167 Å². The number of morpholine rings is 1. The zero-order valence-corrected chi connectivity index (χ0v) is 17.3. The highest BCUT2D eigenvalue weighted by Gasteiger charge is 2.41. The third-order valence-electron chi connectivity index (χ3n) is 4.84. The lowest BCUT2D eigenvalue weighted by atomic mass is 10.1. The lowest BCUT2D eigenvalue weighted by Gasteiger charge is -2.36. The molecule has 1 amide bonds. The summed E-state index contributed by atoms with van der Waals surface area (Å²) >= 11 is 0. The summed E-state index contributed by atoms with van der Waals surface area (Å²) in [5.74, 6) is 0.0464. The average molecular weight is 409 g/mol. The summed E-state index contributed by atoms with van der Waals surface area (Å²) in [5.41, 5.74) is 0.584. The number of carbonyl (C=O) groups excluding carboxylic acids is 1. The molecule has 1 aromatic carbocycles. The van der Waals surface area contributed by atoms with Gasteiger partial charge in [-0.15, -0.1) is 0 Å². The van der Waals surface area contributed by atoms with Crippen molar-refractivity contribution < 1.29 is 22.7 Å².